The molecule has 0 atom stereocenters. The lowest BCUT2D eigenvalue weighted by Gasteiger charge is -2.07. The number of thiazole rings is 1. The maximum absolute atomic E-state index is 10.8. The van der Waals surface area contributed by atoms with Crippen LogP contribution in [0.25, 0.3) is 10.2 Å². The summed E-state index contributed by atoms with van der Waals surface area (Å²) >= 11 is 3.04. The molecule has 0 aliphatic carbocycles. The van der Waals surface area contributed by atoms with E-state index in [2.05, 4.69) is 4.98 Å². The van der Waals surface area contributed by atoms with Gasteiger partial charge in [0, 0.05) is 17.9 Å². The molecule has 3 aromatic rings. The molecule has 0 fully saturated rings. The Hall–Kier alpha value is -2.32. The van der Waals surface area contributed by atoms with Crippen LogP contribution in [0.1, 0.15) is 6.92 Å². The van der Waals surface area contributed by atoms with Crippen molar-refractivity contribution in [3.05, 3.63) is 52.6 Å². The van der Waals surface area contributed by atoms with Crippen LogP contribution < -0.4 is 9.47 Å². The van der Waals surface area contributed by atoms with Crippen LogP contribution in [0.5, 0.6) is 11.5 Å². The molecule has 25 heavy (non-hydrogen) atoms. The number of ether oxygens (including phenoxy) is 2. The first-order valence-electron chi connectivity index (χ1n) is 7.69. The van der Waals surface area contributed by atoms with Crippen molar-refractivity contribution in [2.24, 2.45) is 0 Å². The molecular formula is C17H16N2O4S2. The molecule has 0 saturated carbocycles. The monoisotopic (exact) mass is 376 g/mol. The third-order valence-corrected chi connectivity index (χ3v) is 5.40. The SMILES string of the molecule is CCOc1ccc(OCCSc2nc3ccc([N+](=O)[O-])cc3s2)cc1. The molecule has 0 amide bonds. The van der Waals surface area contributed by atoms with Crippen LogP contribution >= 0.6 is 23.1 Å². The molecule has 1 heterocycles. The van der Waals surface area contributed by atoms with Gasteiger partial charge in [-0.1, -0.05) is 11.8 Å². The summed E-state index contributed by atoms with van der Waals surface area (Å²) in [5.74, 6) is 2.37. The average molecular weight is 376 g/mol. The van der Waals surface area contributed by atoms with E-state index in [0.29, 0.717) is 13.2 Å². The zero-order valence-electron chi connectivity index (χ0n) is 13.5. The smallest absolute Gasteiger partial charge is 0.270 e. The molecule has 0 radical (unpaired) electrons. The van der Waals surface area contributed by atoms with Gasteiger partial charge < -0.3 is 9.47 Å². The highest BCUT2D eigenvalue weighted by molar-refractivity contribution is 8.01. The number of non-ortho nitro benzene ring substituents is 1. The van der Waals surface area contributed by atoms with Gasteiger partial charge in [-0.15, -0.1) is 11.3 Å². The summed E-state index contributed by atoms with van der Waals surface area (Å²) in [4.78, 5) is 14.9. The fraction of sp³-hybridized carbons (Fsp3) is 0.235. The quantitative estimate of drug-likeness (QED) is 0.244. The maximum Gasteiger partial charge on any atom is 0.270 e. The summed E-state index contributed by atoms with van der Waals surface area (Å²) in [5, 5.41) is 10.8. The summed E-state index contributed by atoms with van der Waals surface area (Å²) in [6, 6.07) is 12.3. The number of aromatic nitrogens is 1. The van der Waals surface area contributed by atoms with Crippen molar-refractivity contribution in [1.29, 1.82) is 0 Å². The Bertz CT molecular complexity index is 865. The van der Waals surface area contributed by atoms with Crippen LogP contribution in [0.4, 0.5) is 5.69 Å². The number of hydrogen-bond acceptors (Lipinski definition) is 7. The first-order chi connectivity index (χ1) is 12.2. The van der Waals surface area contributed by atoms with E-state index < -0.39 is 4.92 Å². The van der Waals surface area contributed by atoms with Gasteiger partial charge >= 0.3 is 0 Å². The highest BCUT2D eigenvalue weighted by Crippen LogP contribution is 2.31. The van der Waals surface area contributed by atoms with Crippen LogP contribution in [0.3, 0.4) is 0 Å². The summed E-state index contributed by atoms with van der Waals surface area (Å²) in [6.07, 6.45) is 0. The minimum Gasteiger partial charge on any atom is -0.494 e. The molecule has 8 heteroatoms. The Morgan fingerprint density at radius 1 is 1.16 bits per heavy atom. The van der Waals surface area contributed by atoms with E-state index in [4.69, 9.17) is 9.47 Å². The Morgan fingerprint density at radius 3 is 2.56 bits per heavy atom. The van der Waals surface area contributed by atoms with E-state index in [-0.39, 0.29) is 5.69 Å². The number of nitro groups is 1. The van der Waals surface area contributed by atoms with Crippen molar-refractivity contribution in [3.8, 4) is 11.5 Å². The van der Waals surface area contributed by atoms with Crippen molar-refractivity contribution in [2.75, 3.05) is 19.0 Å². The predicted octanol–water partition coefficient (Wildman–Crippen LogP) is 4.77. The Balaban J connectivity index is 1.51. The summed E-state index contributed by atoms with van der Waals surface area (Å²) in [5.41, 5.74) is 0.872. The molecule has 0 aliphatic rings. The van der Waals surface area contributed by atoms with E-state index in [1.54, 1.807) is 23.9 Å². The highest BCUT2D eigenvalue weighted by atomic mass is 32.2. The normalized spacial score (nSPS) is 10.8. The second kappa shape index (κ2) is 8.17. The third-order valence-electron chi connectivity index (χ3n) is 3.28. The van der Waals surface area contributed by atoms with Crippen LogP contribution in [-0.4, -0.2) is 28.9 Å². The van der Waals surface area contributed by atoms with Gasteiger partial charge in [0.05, 0.1) is 28.4 Å². The van der Waals surface area contributed by atoms with Crippen LogP contribution in [0, 0.1) is 10.1 Å². The van der Waals surface area contributed by atoms with Crippen molar-refractivity contribution in [1.82, 2.24) is 4.98 Å². The molecule has 0 saturated heterocycles. The summed E-state index contributed by atoms with van der Waals surface area (Å²) < 4.78 is 12.8. The minimum absolute atomic E-state index is 0.0894. The molecule has 130 valence electrons. The third kappa shape index (κ3) is 4.61. The Kier molecular flexibility index (Phi) is 5.72. The second-order valence-corrected chi connectivity index (χ2v) is 7.36. The number of fused-ring (bicyclic) bond motifs is 1. The van der Waals surface area contributed by atoms with Gasteiger partial charge in [0.2, 0.25) is 0 Å². The van der Waals surface area contributed by atoms with E-state index in [9.17, 15) is 10.1 Å². The van der Waals surface area contributed by atoms with Crippen LogP contribution in [0.2, 0.25) is 0 Å². The highest BCUT2D eigenvalue weighted by Gasteiger charge is 2.10. The Morgan fingerprint density at radius 2 is 1.88 bits per heavy atom. The second-order valence-electron chi connectivity index (χ2n) is 4.99. The van der Waals surface area contributed by atoms with Gasteiger partial charge in [-0.25, -0.2) is 4.98 Å². The first-order valence-corrected chi connectivity index (χ1v) is 9.49. The van der Waals surface area contributed by atoms with Gasteiger partial charge in [-0.05, 0) is 37.3 Å². The Labute approximate surface area is 152 Å². The van der Waals surface area contributed by atoms with Crippen molar-refractivity contribution in [3.63, 3.8) is 0 Å². The summed E-state index contributed by atoms with van der Waals surface area (Å²) in [7, 11) is 0. The fourth-order valence-corrected chi connectivity index (χ4v) is 4.14. The van der Waals surface area contributed by atoms with E-state index in [0.717, 1.165) is 31.8 Å². The van der Waals surface area contributed by atoms with Gasteiger partial charge in [0.25, 0.3) is 5.69 Å². The lowest BCUT2D eigenvalue weighted by molar-refractivity contribution is -0.384. The molecule has 0 N–H and O–H groups in total. The minimum atomic E-state index is -0.392. The molecule has 1 aromatic heterocycles. The van der Waals surface area contributed by atoms with Crippen molar-refractivity contribution < 1.29 is 14.4 Å². The average Bonchev–Trinajstić information content (AvgIpc) is 3.02. The van der Waals surface area contributed by atoms with Gasteiger partial charge in [-0.2, -0.15) is 0 Å². The number of nitro benzene ring substituents is 1. The molecular weight excluding hydrogens is 360 g/mol. The number of thioether (sulfide) groups is 1. The zero-order chi connectivity index (χ0) is 17.6. The van der Waals surface area contributed by atoms with E-state index >= 15 is 0 Å². The van der Waals surface area contributed by atoms with Gasteiger partial charge in [0.15, 0.2) is 4.34 Å². The number of nitrogens with zero attached hydrogens (tertiary/aromatic N) is 2. The number of benzene rings is 2. The lowest BCUT2D eigenvalue weighted by Crippen LogP contribution is -2.00. The first kappa shape index (κ1) is 17.5. The molecule has 0 spiro atoms. The molecule has 6 nitrogen and oxygen atoms in total. The largest absolute Gasteiger partial charge is 0.494 e. The van der Waals surface area contributed by atoms with Gasteiger partial charge in [-0.3, -0.25) is 10.1 Å². The zero-order valence-corrected chi connectivity index (χ0v) is 15.1. The molecule has 0 aliphatic heterocycles. The van der Waals surface area contributed by atoms with Crippen molar-refractivity contribution >= 4 is 39.0 Å². The van der Waals surface area contributed by atoms with Crippen LogP contribution in [-0.2, 0) is 0 Å². The molecule has 2 aromatic carbocycles. The maximum atomic E-state index is 10.8. The molecule has 0 unspecified atom stereocenters. The lowest BCUT2D eigenvalue weighted by atomic mass is 10.3. The molecule has 0 bridgehead atoms. The van der Waals surface area contributed by atoms with E-state index in [1.807, 2.05) is 31.2 Å². The van der Waals surface area contributed by atoms with E-state index in [1.165, 1.54) is 17.4 Å². The standard InChI is InChI=1S/C17H16N2O4S2/c1-2-22-13-4-6-14(7-5-13)23-9-10-24-17-18-15-8-3-12(19(20)21)11-16(15)25-17/h3-8,11H,2,9-10H2,1H3. The predicted molar refractivity (Wildman–Crippen MR) is 100 cm³/mol. The number of rotatable bonds is 8. The fourth-order valence-electron chi connectivity index (χ4n) is 2.15. The number of hydrogen-bond donors (Lipinski definition) is 0. The van der Waals surface area contributed by atoms with Gasteiger partial charge in [0.1, 0.15) is 11.5 Å². The topological polar surface area (TPSA) is 74.5 Å². The molecule has 3 rings (SSSR count). The van der Waals surface area contributed by atoms with Crippen LogP contribution in [0.15, 0.2) is 46.8 Å². The van der Waals surface area contributed by atoms with Crippen molar-refractivity contribution in [2.45, 2.75) is 11.3 Å². The summed E-state index contributed by atoms with van der Waals surface area (Å²) in [6.45, 7) is 3.14.